The van der Waals surface area contributed by atoms with Crippen LogP contribution >= 0.6 is 0 Å². The molecule has 1 saturated heterocycles. The number of rotatable bonds is 1. The van der Waals surface area contributed by atoms with Crippen LogP contribution in [0.25, 0.3) is 0 Å². The monoisotopic (exact) mass is 245 g/mol. The Morgan fingerprint density at radius 2 is 1.78 bits per heavy atom. The van der Waals surface area contributed by atoms with E-state index in [1.54, 1.807) is 5.56 Å². The summed E-state index contributed by atoms with van der Waals surface area (Å²) < 4.78 is 11.5. The first-order chi connectivity index (χ1) is 8.93. The van der Waals surface area contributed by atoms with Crippen molar-refractivity contribution in [2.24, 2.45) is 0 Å². The molecule has 0 saturated carbocycles. The van der Waals surface area contributed by atoms with Gasteiger partial charge in [-0.05, 0) is 30.9 Å². The van der Waals surface area contributed by atoms with Gasteiger partial charge in [0.25, 0.3) is 0 Å². The second-order valence-electron chi connectivity index (χ2n) is 5.48. The minimum absolute atomic E-state index is 0.658. The molecular formula is C15H19NO2. The summed E-state index contributed by atoms with van der Waals surface area (Å²) in [5.41, 5.74) is 4.49. The third-order valence-electron chi connectivity index (χ3n) is 4.43. The molecule has 3 nitrogen and oxygen atoms in total. The van der Waals surface area contributed by atoms with Crippen LogP contribution < -0.4 is 14.8 Å². The molecule has 0 aliphatic carbocycles. The summed E-state index contributed by atoms with van der Waals surface area (Å²) >= 11 is 0. The molecule has 96 valence electrons. The van der Waals surface area contributed by atoms with E-state index in [4.69, 9.17) is 9.47 Å². The fourth-order valence-electron chi connectivity index (χ4n) is 3.63. The summed E-state index contributed by atoms with van der Waals surface area (Å²) in [5.74, 6) is 2.82. The molecule has 0 aromatic heterocycles. The highest BCUT2D eigenvalue weighted by Gasteiger charge is 2.30. The van der Waals surface area contributed by atoms with Crippen LogP contribution in [0.15, 0.2) is 6.07 Å². The van der Waals surface area contributed by atoms with Crippen LogP contribution in [0.4, 0.5) is 0 Å². The minimum atomic E-state index is 0.658. The maximum absolute atomic E-state index is 5.75. The van der Waals surface area contributed by atoms with Gasteiger partial charge in [-0.3, -0.25) is 0 Å². The molecule has 0 radical (unpaired) electrons. The van der Waals surface area contributed by atoms with Crippen LogP contribution in [-0.2, 0) is 12.8 Å². The van der Waals surface area contributed by atoms with Crippen LogP contribution in [0.3, 0.4) is 0 Å². The molecule has 18 heavy (non-hydrogen) atoms. The van der Waals surface area contributed by atoms with Crippen LogP contribution in [0.5, 0.6) is 11.5 Å². The van der Waals surface area contributed by atoms with E-state index in [-0.39, 0.29) is 0 Å². The molecular weight excluding hydrogens is 226 g/mol. The number of fused-ring (bicyclic) bond motifs is 2. The molecule has 0 amide bonds. The van der Waals surface area contributed by atoms with E-state index in [2.05, 4.69) is 11.4 Å². The summed E-state index contributed by atoms with van der Waals surface area (Å²) in [4.78, 5) is 0. The smallest absolute Gasteiger partial charge is 0.126 e. The van der Waals surface area contributed by atoms with Crippen molar-refractivity contribution >= 4 is 0 Å². The van der Waals surface area contributed by atoms with Gasteiger partial charge >= 0.3 is 0 Å². The van der Waals surface area contributed by atoms with E-state index in [0.717, 1.165) is 44.1 Å². The average molecular weight is 245 g/mol. The maximum Gasteiger partial charge on any atom is 0.126 e. The Kier molecular flexibility index (Phi) is 2.47. The van der Waals surface area contributed by atoms with Crippen molar-refractivity contribution in [3.8, 4) is 11.5 Å². The molecule has 3 aliphatic rings. The van der Waals surface area contributed by atoms with Crippen LogP contribution in [0, 0.1) is 0 Å². The van der Waals surface area contributed by atoms with E-state index < -0.39 is 0 Å². The van der Waals surface area contributed by atoms with Crippen molar-refractivity contribution in [2.75, 3.05) is 26.3 Å². The van der Waals surface area contributed by atoms with Gasteiger partial charge in [-0.1, -0.05) is 0 Å². The van der Waals surface area contributed by atoms with Crippen LogP contribution in [0.1, 0.15) is 35.4 Å². The standard InChI is InChI=1S/C15H19NO2/c1-2-10(9-16-5-1)15-11-3-6-17-13(11)8-14-12(15)4-7-18-14/h8,10,16H,1-7,9H2. The molecule has 4 rings (SSSR count). The normalized spacial score (nSPS) is 25.2. The predicted octanol–water partition coefficient (Wildman–Crippen LogP) is 2.02. The van der Waals surface area contributed by atoms with E-state index in [1.807, 2.05) is 0 Å². The van der Waals surface area contributed by atoms with Gasteiger partial charge in [0.05, 0.1) is 13.2 Å². The van der Waals surface area contributed by atoms with Crippen molar-refractivity contribution in [3.63, 3.8) is 0 Å². The first kappa shape index (κ1) is 10.7. The van der Waals surface area contributed by atoms with Gasteiger partial charge in [0.15, 0.2) is 0 Å². The van der Waals surface area contributed by atoms with E-state index in [9.17, 15) is 0 Å². The topological polar surface area (TPSA) is 30.5 Å². The number of benzene rings is 1. The minimum Gasteiger partial charge on any atom is -0.493 e. The highest BCUT2D eigenvalue weighted by Crippen LogP contribution is 2.44. The predicted molar refractivity (Wildman–Crippen MR) is 69.7 cm³/mol. The molecule has 3 heteroatoms. The van der Waals surface area contributed by atoms with Gasteiger partial charge < -0.3 is 14.8 Å². The second-order valence-corrected chi connectivity index (χ2v) is 5.48. The molecule has 0 bridgehead atoms. The Morgan fingerprint density at radius 1 is 1.06 bits per heavy atom. The van der Waals surface area contributed by atoms with Gasteiger partial charge in [0.2, 0.25) is 0 Å². The summed E-state index contributed by atoms with van der Waals surface area (Å²) in [6.07, 6.45) is 4.74. The van der Waals surface area contributed by atoms with Gasteiger partial charge in [0, 0.05) is 36.6 Å². The quantitative estimate of drug-likeness (QED) is 0.821. The third-order valence-corrected chi connectivity index (χ3v) is 4.43. The number of piperidine rings is 1. The largest absolute Gasteiger partial charge is 0.493 e. The van der Waals surface area contributed by atoms with E-state index in [0.29, 0.717) is 5.92 Å². The molecule has 1 aromatic carbocycles. The zero-order chi connectivity index (χ0) is 11.9. The van der Waals surface area contributed by atoms with Crippen molar-refractivity contribution in [3.05, 3.63) is 22.8 Å². The van der Waals surface area contributed by atoms with Crippen LogP contribution in [-0.4, -0.2) is 26.3 Å². The van der Waals surface area contributed by atoms with Crippen molar-refractivity contribution < 1.29 is 9.47 Å². The molecule has 1 unspecified atom stereocenters. The number of nitrogens with one attached hydrogen (secondary N) is 1. The van der Waals surface area contributed by atoms with Crippen LogP contribution in [0.2, 0.25) is 0 Å². The Hall–Kier alpha value is -1.22. The Morgan fingerprint density at radius 3 is 2.39 bits per heavy atom. The zero-order valence-corrected chi connectivity index (χ0v) is 10.6. The van der Waals surface area contributed by atoms with Crippen molar-refractivity contribution in [1.82, 2.24) is 5.32 Å². The van der Waals surface area contributed by atoms with E-state index >= 15 is 0 Å². The van der Waals surface area contributed by atoms with Gasteiger partial charge in [-0.15, -0.1) is 0 Å². The summed E-state index contributed by atoms with van der Waals surface area (Å²) in [6.45, 7) is 3.96. The number of hydrogen-bond donors (Lipinski definition) is 1. The molecule has 3 aliphatic heterocycles. The van der Waals surface area contributed by atoms with Gasteiger partial charge in [0.1, 0.15) is 11.5 Å². The highest BCUT2D eigenvalue weighted by atomic mass is 16.5. The lowest BCUT2D eigenvalue weighted by atomic mass is 9.83. The number of ether oxygens (including phenoxy) is 2. The van der Waals surface area contributed by atoms with Crippen molar-refractivity contribution in [1.29, 1.82) is 0 Å². The Bertz CT molecular complexity index is 446. The lowest BCUT2D eigenvalue weighted by Crippen LogP contribution is -2.29. The Balaban J connectivity index is 1.84. The Labute approximate surface area is 107 Å². The fourth-order valence-corrected chi connectivity index (χ4v) is 3.63. The molecule has 3 heterocycles. The third kappa shape index (κ3) is 1.53. The second kappa shape index (κ2) is 4.16. The fraction of sp³-hybridized carbons (Fsp3) is 0.600. The number of hydrogen-bond acceptors (Lipinski definition) is 3. The average Bonchev–Trinajstić information content (AvgIpc) is 3.04. The summed E-state index contributed by atoms with van der Waals surface area (Å²) in [5, 5.41) is 3.53. The van der Waals surface area contributed by atoms with E-state index in [1.165, 1.54) is 30.5 Å². The first-order valence-electron chi connectivity index (χ1n) is 7.08. The SMILES string of the molecule is c1c2c(c(C3CCCNC3)c3c1OCC3)CCO2. The van der Waals surface area contributed by atoms with Crippen molar-refractivity contribution in [2.45, 2.75) is 31.6 Å². The lowest BCUT2D eigenvalue weighted by Gasteiger charge is -2.26. The molecule has 0 spiro atoms. The molecule has 1 N–H and O–H groups in total. The lowest BCUT2D eigenvalue weighted by molar-refractivity contribution is 0.342. The zero-order valence-electron chi connectivity index (χ0n) is 10.6. The summed E-state index contributed by atoms with van der Waals surface area (Å²) in [6, 6.07) is 2.12. The molecule has 1 aromatic rings. The first-order valence-corrected chi connectivity index (χ1v) is 7.08. The van der Waals surface area contributed by atoms with Gasteiger partial charge in [-0.25, -0.2) is 0 Å². The van der Waals surface area contributed by atoms with Gasteiger partial charge in [-0.2, -0.15) is 0 Å². The maximum atomic E-state index is 5.75. The highest BCUT2D eigenvalue weighted by molar-refractivity contribution is 5.57. The molecule has 1 atom stereocenters. The summed E-state index contributed by atoms with van der Waals surface area (Å²) in [7, 11) is 0. The molecule has 1 fully saturated rings.